The zero-order chi connectivity index (χ0) is 15.5. The van der Waals surface area contributed by atoms with Crippen molar-refractivity contribution >= 4 is 10.0 Å². The Morgan fingerprint density at radius 2 is 2.05 bits per heavy atom. The first-order valence-electron chi connectivity index (χ1n) is 6.83. The molecule has 1 fully saturated rings. The number of aliphatic hydroxyl groups excluding tert-OH is 1. The Labute approximate surface area is 124 Å². The summed E-state index contributed by atoms with van der Waals surface area (Å²) in [6, 6.07) is 3.41. The summed E-state index contributed by atoms with van der Waals surface area (Å²) in [6.07, 6.45) is 1.58. The van der Waals surface area contributed by atoms with E-state index in [0.717, 1.165) is 25.0 Å². The average Bonchev–Trinajstić information content (AvgIpc) is 2.46. The standard InChI is InChI=1S/C14H20FNO4S/c1-14(4-6-20-7-5-14)10-16-21(18,19)12-2-3-13(15)11(8-12)9-17/h2-3,8,16-17H,4-7,9-10H2,1H3. The van der Waals surface area contributed by atoms with Gasteiger partial charge in [-0.2, -0.15) is 0 Å². The highest BCUT2D eigenvalue weighted by atomic mass is 32.2. The van der Waals surface area contributed by atoms with E-state index < -0.39 is 22.4 Å². The highest BCUT2D eigenvalue weighted by Gasteiger charge is 2.29. The fourth-order valence-corrected chi connectivity index (χ4v) is 3.48. The summed E-state index contributed by atoms with van der Waals surface area (Å²) >= 11 is 0. The molecule has 0 aromatic heterocycles. The molecule has 0 atom stereocenters. The van der Waals surface area contributed by atoms with Crippen molar-refractivity contribution in [2.45, 2.75) is 31.3 Å². The van der Waals surface area contributed by atoms with Crippen LogP contribution >= 0.6 is 0 Å². The Bertz CT molecular complexity index is 597. The number of sulfonamides is 1. The van der Waals surface area contributed by atoms with Gasteiger partial charge in [0, 0.05) is 25.3 Å². The van der Waals surface area contributed by atoms with E-state index in [9.17, 15) is 12.8 Å². The molecule has 2 rings (SSSR count). The minimum atomic E-state index is -3.72. The number of aliphatic hydroxyl groups is 1. The van der Waals surface area contributed by atoms with E-state index in [-0.39, 0.29) is 15.9 Å². The molecule has 118 valence electrons. The number of rotatable bonds is 5. The van der Waals surface area contributed by atoms with Crippen LogP contribution in [0.1, 0.15) is 25.3 Å². The van der Waals surface area contributed by atoms with Gasteiger partial charge in [-0.25, -0.2) is 17.5 Å². The van der Waals surface area contributed by atoms with Gasteiger partial charge in [-0.3, -0.25) is 0 Å². The van der Waals surface area contributed by atoms with Crippen molar-refractivity contribution < 1.29 is 22.7 Å². The molecule has 0 saturated carbocycles. The van der Waals surface area contributed by atoms with Gasteiger partial charge in [-0.15, -0.1) is 0 Å². The highest BCUT2D eigenvalue weighted by molar-refractivity contribution is 7.89. The Kier molecular flexibility index (Phi) is 4.98. The molecule has 1 aromatic carbocycles. The van der Waals surface area contributed by atoms with Crippen LogP contribution in [0, 0.1) is 11.2 Å². The second kappa shape index (κ2) is 6.39. The highest BCUT2D eigenvalue weighted by Crippen LogP contribution is 2.29. The largest absolute Gasteiger partial charge is 0.392 e. The van der Waals surface area contributed by atoms with Gasteiger partial charge >= 0.3 is 0 Å². The van der Waals surface area contributed by atoms with Gasteiger partial charge in [0.25, 0.3) is 0 Å². The third-order valence-corrected chi connectivity index (χ3v) is 5.29. The molecule has 1 heterocycles. The van der Waals surface area contributed by atoms with Crippen LogP contribution in [0.2, 0.25) is 0 Å². The molecule has 0 bridgehead atoms. The predicted octanol–water partition coefficient (Wildman–Crippen LogP) is 1.41. The third kappa shape index (κ3) is 4.00. The average molecular weight is 317 g/mol. The fraction of sp³-hybridized carbons (Fsp3) is 0.571. The summed E-state index contributed by atoms with van der Waals surface area (Å²) in [6.45, 7) is 3.05. The lowest BCUT2D eigenvalue weighted by atomic mass is 9.83. The Hall–Kier alpha value is -1.02. The van der Waals surface area contributed by atoms with E-state index in [4.69, 9.17) is 9.84 Å². The lowest BCUT2D eigenvalue weighted by Crippen LogP contribution is -2.39. The van der Waals surface area contributed by atoms with Gasteiger partial charge in [-0.1, -0.05) is 6.92 Å². The van der Waals surface area contributed by atoms with Crippen molar-refractivity contribution in [1.82, 2.24) is 4.72 Å². The van der Waals surface area contributed by atoms with Gasteiger partial charge < -0.3 is 9.84 Å². The van der Waals surface area contributed by atoms with Crippen molar-refractivity contribution in [3.63, 3.8) is 0 Å². The van der Waals surface area contributed by atoms with E-state index in [2.05, 4.69) is 4.72 Å². The van der Waals surface area contributed by atoms with Crippen LogP contribution in [0.25, 0.3) is 0 Å². The van der Waals surface area contributed by atoms with Crippen LogP contribution in [-0.4, -0.2) is 33.3 Å². The van der Waals surface area contributed by atoms with Crippen LogP contribution < -0.4 is 4.72 Å². The lowest BCUT2D eigenvalue weighted by molar-refractivity contribution is 0.0264. The molecular formula is C14H20FNO4S. The number of nitrogens with one attached hydrogen (secondary N) is 1. The SMILES string of the molecule is CC1(CNS(=O)(=O)c2ccc(F)c(CO)c2)CCOCC1. The lowest BCUT2D eigenvalue weighted by Gasteiger charge is -2.33. The molecule has 2 N–H and O–H groups in total. The minimum absolute atomic E-state index is 0.0323. The van der Waals surface area contributed by atoms with Gasteiger partial charge in [0.1, 0.15) is 5.82 Å². The molecule has 0 unspecified atom stereocenters. The molecule has 21 heavy (non-hydrogen) atoms. The second-order valence-electron chi connectivity index (χ2n) is 5.66. The van der Waals surface area contributed by atoms with E-state index in [0.29, 0.717) is 19.8 Å². The van der Waals surface area contributed by atoms with Crippen LogP contribution in [0.3, 0.4) is 0 Å². The minimum Gasteiger partial charge on any atom is -0.392 e. The maximum absolute atomic E-state index is 13.3. The van der Waals surface area contributed by atoms with E-state index >= 15 is 0 Å². The molecule has 1 aliphatic heterocycles. The van der Waals surface area contributed by atoms with Gasteiger partial charge in [-0.05, 0) is 36.5 Å². The summed E-state index contributed by atoms with van der Waals surface area (Å²) < 4.78 is 45.7. The summed E-state index contributed by atoms with van der Waals surface area (Å²) in [5, 5.41) is 9.01. The molecule has 0 spiro atoms. The van der Waals surface area contributed by atoms with Crippen molar-refractivity contribution in [2.24, 2.45) is 5.41 Å². The number of ether oxygens (including phenoxy) is 1. The van der Waals surface area contributed by atoms with Crippen molar-refractivity contribution in [2.75, 3.05) is 19.8 Å². The second-order valence-corrected chi connectivity index (χ2v) is 7.43. The Morgan fingerprint density at radius 3 is 2.67 bits per heavy atom. The molecule has 0 amide bonds. The predicted molar refractivity (Wildman–Crippen MR) is 75.7 cm³/mol. The van der Waals surface area contributed by atoms with Gasteiger partial charge in [0.15, 0.2) is 0 Å². The van der Waals surface area contributed by atoms with Gasteiger partial charge in [0.2, 0.25) is 10.0 Å². The van der Waals surface area contributed by atoms with Crippen LogP contribution in [0.15, 0.2) is 23.1 Å². The normalized spacial score (nSPS) is 18.6. The summed E-state index contributed by atoms with van der Waals surface area (Å²) in [5.41, 5.74) is -0.166. The number of hydrogen-bond acceptors (Lipinski definition) is 4. The molecule has 1 aliphatic rings. The molecule has 0 radical (unpaired) electrons. The van der Waals surface area contributed by atoms with Crippen molar-refractivity contribution in [3.8, 4) is 0 Å². The van der Waals surface area contributed by atoms with E-state index in [1.807, 2.05) is 6.92 Å². The van der Waals surface area contributed by atoms with Crippen LogP contribution in [-0.2, 0) is 21.4 Å². The van der Waals surface area contributed by atoms with Crippen LogP contribution in [0.4, 0.5) is 4.39 Å². The molecular weight excluding hydrogens is 297 g/mol. The zero-order valence-electron chi connectivity index (χ0n) is 11.9. The van der Waals surface area contributed by atoms with Crippen molar-refractivity contribution in [3.05, 3.63) is 29.6 Å². The molecule has 1 aromatic rings. The van der Waals surface area contributed by atoms with E-state index in [1.54, 1.807) is 0 Å². The fourth-order valence-electron chi connectivity index (χ4n) is 2.23. The first-order valence-corrected chi connectivity index (χ1v) is 8.31. The summed E-state index contributed by atoms with van der Waals surface area (Å²) in [4.78, 5) is -0.0383. The summed E-state index contributed by atoms with van der Waals surface area (Å²) in [5.74, 6) is -0.618. The van der Waals surface area contributed by atoms with Crippen LogP contribution in [0.5, 0.6) is 0 Å². The number of hydrogen-bond donors (Lipinski definition) is 2. The first-order chi connectivity index (χ1) is 9.86. The van der Waals surface area contributed by atoms with Crippen molar-refractivity contribution in [1.29, 1.82) is 0 Å². The molecule has 7 heteroatoms. The van der Waals surface area contributed by atoms with Gasteiger partial charge in [0.05, 0.1) is 11.5 Å². The Balaban J connectivity index is 2.11. The topological polar surface area (TPSA) is 75.6 Å². The Morgan fingerprint density at radius 1 is 1.38 bits per heavy atom. The third-order valence-electron chi connectivity index (χ3n) is 3.89. The summed E-state index contributed by atoms with van der Waals surface area (Å²) in [7, 11) is -3.72. The smallest absolute Gasteiger partial charge is 0.240 e. The first kappa shape index (κ1) is 16.4. The molecule has 0 aliphatic carbocycles. The number of benzene rings is 1. The zero-order valence-corrected chi connectivity index (χ0v) is 12.7. The quantitative estimate of drug-likeness (QED) is 0.861. The maximum atomic E-state index is 13.3. The van der Waals surface area contributed by atoms with E-state index in [1.165, 1.54) is 6.07 Å². The molecule has 5 nitrogen and oxygen atoms in total. The number of halogens is 1. The maximum Gasteiger partial charge on any atom is 0.240 e. The molecule has 1 saturated heterocycles. The monoisotopic (exact) mass is 317 g/mol.